The summed E-state index contributed by atoms with van der Waals surface area (Å²) in [6, 6.07) is 19.6. The van der Waals surface area contributed by atoms with E-state index in [0.717, 1.165) is 0 Å². The minimum absolute atomic E-state index is 0.110. The number of nitrogens with zero attached hydrogens (tertiary/aromatic N) is 1. The van der Waals surface area contributed by atoms with Gasteiger partial charge in [-0.25, -0.2) is 21.6 Å². The zero-order chi connectivity index (χ0) is 33.7. The molecule has 4 N–H and O–H groups in total. The van der Waals surface area contributed by atoms with Crippen molar-refractivity contribution >= 4 is 21.6 Å². The third kappa shape index (κ3) is 7.61. The molecule has 0 unspecified atom stereocenters. The second-order valence-corrected chi connectivity index (χ2v) is 13.4. The number of halogens is 3. The summed E-state index contributed by atoms with van der Waals surface area (Å²) in [4.78, 5) is 13.1. The lowest BCUT2D eigenvalue weighted by Crippen LogP contribution is -2.58. The molecule has 47 heavy (non-hydrogen) atoms. The number of carbonyl (C=O) groups excluding carboxylic acids is 1. The van der Waals surface area contributed by atoms with Gasteiger partial charge in [-0.3, -0.25) is 4.79 Å². The normalized spacial score (nSPS) is 17.7. The highest BCUT2D eigenvalue weighted by Gasteiger charge is 2.38. The summed E-state index contributed by atoms with van der Waals surface area (Å²) in [6.07, 6.45) is 0.361. The highest BCUT2D eigenvalue weighted by Crippen LogP contribution is 2.34. The Morgan fingerprint density at radius 2 is 1.57 bits per heavy atom. The highest BCUT2D eigenvalue weighted by molar-refractivity contribution is 7.89. The van der Waals surface area contributed by atoms with Crippen molar-refractivity contribution in [3.8, 4) is 5.75 Å². The average molecular weight is 667 g/mol. The summed E-state index contributed by atoms with van der Waals surface area (Å²) in [5, 5.41) is 6.35. The molecule has 4 aromatic carbocycles. The fourth-order valence-electron chi connectivity index (χ4n) is 6.25. The lowest BCUT2D eigenvalue weighted by Gasteiger charge is -2.40. The number of hydrogen-bond donors (Lipinski definition) is 3. The zero-order valence-corrected chi connectivity index (χ0v) is 26.8. The van der Waals surface area contributed by atoms with E-state index in [0.29, 0.717) is 30.0 Å². The Bertz CT molecular complexity index is 1780. The van der Waals surface area contributed by atoms with Gasteiger partial charge in [-0.15, -0.1) is 0 Å². The van der Waals surface area contributed by atoms with Gasteiger partial charge >= 0.3 is 0 Å². The van der Waals surface area contributed by atoms with E-state index in [4.69, 9.17) is 10.5 Å². The van der Waals surface area contributed by atoms with Crippen LogP contribution in [0.5, 0.6) is 5.75 Å². The summed E-state index contributed by atoms with van der Waals surface area (Å²) >= 11 is 0. The van der Waals surface area contributed by atoms with Crippen LogP contribution < -0.4 is 21.1 Å². The molecule has 1 aliphatic rings. The maximum absolute atomic E-state index is 15.5. The van der Waals surface area contributed by atoms with Gasteiger partial charge in [0, 0.05) is 42.3 Å². The standard InChI is InChI=1S/C35H37F3N4O4S/c1-22-20-40-21-27(42(22)47(44,45)29-15-13-28(46-2)14-16-29)12-17-30-31(38)10-5-11-32(30)41-34(35(39)43)33(23-6-3-8-25(36)18-23)24-7-4-9-26(37)19-24/h3-11,13-16,18-19,22,27,33-34,40-41H,12,17,20-21H2,1-2H3,(H2,39,43)/t22-,27-,34-/m0/s1. The van der Waals surface area contributed by atoms with Crippen molar-refractivity contribution in [1.29, 1.82) is 0 Å². The molecular weight excluding hydrogens is 629 g/mol. The molecule has 0 bridgehead atoms. The molecule has 4 aromatic rings. The van der Waals surface area contributed by atoms with E-state index in [1.807, 2.05) is 6.92 Å². The Labute approximate surface area is 272 Å². The largest absolute Gasteiger partial charge is 0.497 e. The molecule has 0 aromatic heterocycles. The van der Waals surface area contributed by atoms with Crippen molar-refractivity contribution in [1.82, 2.24) is 9.62 Å². The third-order valence-electron chi connectivity index (χ3n) is 8.46. The van der Waals surface area contributed by atoms with Gasteiger partial charge in [0.05, 0.1) is 12.0 Å². The van der Waals surface area contributed by atoms with E-state index < -0.39 is 51.4 Å². The van der Waals surface area contributed by atoms with Crippen molar-refractivity contribution in [3.05, 3.63) is 125 Å². The molecule has 1 amide bonds. The SMILES string of the molecule is COc1ccc(S(=O)(=O)N2[C@@H](CCc3c(F)cccc3N[C@H](C(N)=O)C(c3cccc(F)c3)c3cccc(F)c3)CNC[C@@H]2C)cc1. The van der Waals surface area contributed by atoms with Gasteiger partial charge in [0.15, 0.2) is 0 Å². The number of methoxy groups -OCH3 is 1. The minimum Gasteiger partial charge on any atom is -0.497 e. The predicted octanol–water partition coefficient (Wildman–Crippen LogP) is 5.19. The average Bonchev–Trinajstić information content (AvgIpc) is 3.04. The third-order valence-corrected chi connectivity index (χ3v) is 10.5. The number of primary amides is 1. The second kappa shape index (κ2) is 14.6. The predicted molar refractivity (Wildman–Crippen MR) is 174 cm³/mol. The van der Waals surface area contributed by atoms with Gasteiger partial charge in [-0.2, -0.15) is 4.31 Å². The van der Waals surface area contributed by atoms with Crippen LogP contribution in [0.2, 0.25) is 0 Å². The number of amides is 1. The van der Waals surface area contributed by atoms with Crippen LogP contribution in [0.3, 0.4) is 0 Å². The zero-order valence-electron chi connectivity index (χ0n) is 26.0. The van der Waals surface area contributed by atoms with Crippen LogP contribution in [0.4, 0.5) is 18.9 Å². The first-order chi connectivity index (χ1) is 22.5. The van der Waals surface area contributed by atoms with Gasteiger partial charge in [-0.1, -0.05) is 30.3 Å². The van der Waals surface area contributed by atoms with Gasteiger partial charge in [0.1, 0.15) is 29.2 Å². The Morgan fingerprint density at radius 3 is 2.15 bits per heavy atom. The number of carbonyl (C=O) groups is 1. The van der Waals surface area contributed by atoms with Crippen LogP contribution in [0.1, 0.15) is 36.0 Å². The summed E-state index contributed by atoms with van der Waals surface area (Å²) in [5.41, 5.74) is 7.11. The number of rotatable bonds is 12. The molecule has 0 radical (unpaired) electrons. The Hall–Kier alpha value is -4.39. The van der Waals surface area contributed by atoms with Crippen molar-refractivity contribution in [2.75, 3.05) is 25.5 Å². The summed E-state index contributed by atoms with van der Waals surface area (Å²) in [6.45, 7) is 2.61. The van der Waals surface area contributed by atoms with Gasteiger partial charge in [-0.05, 0) is 91.6 Å². The molecule has 1 heterocycles. The quantitative estimate of drug-likeness (QED) is 0.192. The molecule has 1 aliphatic heterocycles. The van der Waals surface area contributed by atoms with E-state index >= 15 is 4.39 Å². The maximum atomic E-state index is 15.5. The first kappa shape index (κ1) is 34.0. The molecule has 0 aliphatic carbocycles. The van der Waals surface area contributed by atoms with E-state index in [1.165, 1.54) is 72.1 Å². The number of benzene rings is 4. The fourth-order valence-corrected chi connectivity index (χ4v) is 8.10. The Morgan fingerprint density at radius 1 is 0.957 bits per heavy atom. The summed E-state index contributed by atoms with van der Waals surface area (Å²) in [7, 11) is -2.42. The van der Waals surface area contributed by atoms with Crippen LogP contribution >= 0.6 is 0 Å². The fraction of sp³-hybridized carbons (Fsp3) is 0.286. The molecule has 3 atom stereocenters. The molecule has 0 saturated carbocycles. The van der Waals surface area contributed by atoms with Crippen LogP contribution in [0.15, 0.2) is 95.9 Å². The van der Waals surface area contributed by atoms with Gasteiger partial charge < -0.3 is 21.1 Å². The molecule has 1 fully saturated rings. The highest BCUT2D eigenvalue weighted by atomic mass is 32.2. The summed E-state index contributed by atoms with van der Waals surface area (Å²) < 4.78 is 78.6. The lowest BCUT2D eigenvalue weighted by molar-refractivity contribution is -0.119. The summed E-state index contributed by atoms with van der Waals surface area (Å²) in [5.74, 6) is -2.89. The first-order valence-electron chi connectivity index (χ1n) is 15.2. The van der Waals surface area contributed by atoms with Gasteiger partial charge in [0.2, 0.25) is 15.9 Å². The van der Waals surface area contributed by atoms with Crippen molar-refractivity contribution in [2.45, 2.75) is 48.7 Å². The topological polar surface area (TPSA) is 114 Å². The number of ether oxygens (including phenoxy) is 1. The first-order valence-corrected chi connectivity index (χ1v) is 16.7. The molecular formula is C35H37F3N4O4S. The van der Waals surface area contributed by atoms with Crippen LogP contribution in [0.25, 0.3) is 0 Å². The number of hydrogen-bond acceptors (Lipinski definition) is 6. The van der Waals surface area contributed by atoms with E-state index in [1.54, 1.807) is 30.3 Å². The van der Waals surface area contributed by atoms with Crippen LogP contribution in [-0.4, -0.2) is 57.0 Å². The van der Waals surface area contributed by atoms with Crippen LogP contribution in [-0.2, 0) is 21.2 Å². The van der Waals surface area contributed by atoms with E-state index in [2.05, 4.69) is 10.6 Å². The molecule has 0 spiro atoms. The van der Waals surface area contributed by atoms with E-state index in [9.17, 15) is 22.0 Å². The Balaban J connectivity index is 1.46. The second-order valence-electron chi connectivity index (χ2n) is 11.6. The molecule has 5 rings (SSSR count). The van der Waals surface area contributed by atoms with E-state index in [-0.39, 0.29) is 35.0 Å². The lowest BCUT2D eigenvalue weighted by atomic mass is 9.84. The van der Waals surface area contributed by atoms with Crippen molar-refractivity contribution in [2.24, 2.45) is 5.73 Å². The Kier molecular flexibility index (Phi) is 10.5. The van der Waals surface area contributed by atoms with Gasteiger partial charge in [0.25, 0.3) is 0 Å². The number of sulfonamides is 1. The maximum Gasteiger partial charge on any atom is 0.243 e. The molecule has 8 nitrogen and oxygen atoms in total. The molecule has 248 valence electrons. The number of nitrogens with two attached hydrogens (primary N) is 1. The van der Waals surface area contributed by atoms with Crippen molar-refractivity contribution < 1.29 is 31.1 Å². The smallest absolute Gasteiger partial charge is 0.243 e. The minimum atomic E-state index is -3.91. The molecule has 1 saturated heterocycles. The number of anilines is 1. The number of piperazine rings is 1. The monoisotopic (exact) mass is 666 g/mol. The molecule has 12 heteroatoms. The van der Waals surface area contributed by atoms with Crippen LogP contribution in [0, 0.1) is 17.5 Å². The van der Waals surface area contributed by atoms with Crippen molar-refractivity contribution in [3.63, 3.8) is 0 Å². The number of nitrogens with one attached hydrogen (secondary N) is 2.